The van der Waals surface area contributed by atoms with Crippen molar-refractivity contribution < 1.29 is 14.6 Å². The molecule has 22 heavy (non-hydrogen) atoms. The molecule has 0 aromatic carbocycles. The molecule has 2 N–H and O–H groups in total. The molecule has 1 aromatic rings. The van der Waals surface area contributed by atoms with Gasteiger partial charge < -0.3 is 15.2 Å². The number of pyridine rings is 1. The van der Waals surface area contributed by atoms with E-state index in [-0.39, 0.29) is 24.0 Å². The first-order chi connectivity index (χ1) is 10.7. The molecule has 1 saturated heterocycles. The van der Waals surface area contributed by atoms with Crippen LogP contribution in [0.4, 0.5) is 0 Å². The zero-order valence-electron chi connectivity index (χ0n) is 12.6. The molecule has 1 aromatic heterocycles. The lowest BCUT2D eigenvalue weighted by molar-refractivity contribution is -0.125. The predicted molar refractivity (Wildman–Crippen MR) is 81.1 cm³/mol. The summed E-state index contributed by atoms with van der Waals surface area (Å²) in [6.45, 7) is 3.35. The van der Waals surface area contributed by atoms with Gasteiger partial charge in [-0.15, -0.1) is 0 Å². The molecule has 2 fully saturated rings. The third-order valence-corrected chi connectivity index (χ3v) is 4.41. The third kappa shape index (κ3) is 3.82. The summed E-state index contributed by atoms with van der Waals surface area (Å²) in [5, 5.41) is 12.7. The molecule has 1 amide bonds. The third-order valence-electron chi connectivity index (χ3n) is 4.41. The van der Waals surface area contributed by atoms with Crippen molar-refractivity contribution in [3.05, 3.63) is 30.1 Å². The van der Waals surface area contributed by atoms with E-state index in [1.165, 1.54) is 0 Å². The normalized spacial score (nSPS) is 27.0. The number of morpholine rings is 1. The van der Waals surface area contributed by atoms with Gasteiger partial charge in [0.15, 0.2) is 0 Å². The van der Waals surface area contributed by atoms with Crippen LogP contribution in [0.3, 0.4) is 0 Å². The number of hydrogen-bond acceptors (Lipinski definition) is 5. The Bertz CT molecular complexity index is 485. The molecule has 1 saturated carbocycles. The molecule has 2 heterocycles. The maximum absolute atomic E-state index is 12.3. The van der Waals surface area contributed by atoms with E-state index in [9.17, 15) is 9.90 Å². The molecule has 2 aliphatic rings. The molecular formula is C16H23N3O3. The Morgan fingerprint density at radius 3 is 2.82 bits per heavy atom. The zero-order chi connectivity index (χ0) is 15.4. The van der Waals surface area contributed by atoms with Gasteiger partial charge in [-0.2, -0.15) is 0 Å². The predicted octanol–water partition coefficient (Wildman–Crippen LogP) is 0.342. The first kappa shape index (κ1) is 15.4. The molecule has 1 atom stereocenters. The van der Waals surface area contributed by atoms with E-state index in [0.717, 1.165) is 31.6 Å². The average molecular weight is 305 g/mol. The van der Waals surface area contributed by atoms with Crippen molar-refractivity contribution >= 4 is 5.91 Å². The van der Waals surface area contributed by atoms with Crippen LogP contribution in [0.1, 0.15) is 24.6 Å². The SMILES string of the molecule is O=C(CN1CCOCC1)N[C@@H](c1ccccn1)C1CC(O)C1. The van der Waals surface area contributed by atoms with Crippen molar-refractivity contribution in [2.24, 2.45) is 5.92 Å². The number of carbonyl (C=O) groups excluding carboxylic acids is 1. The Labute approximate surface area is 130 Å². The van der Waals surface area contributed by atoms with Crippen LogP contribution in [0.5, 0.6) is 0 Å². The van der Waals surface area contributed by atoms with Gasteiger partial charge in [-0.05, 0) is 30.9 Å². The van der Waals surface area contributed by atoms with Gasteiger partial charge in [0.25, 0.3) is 0 Å². The largest absolute Gasteiger partial charge is 0.393 e. The molecule has 1 aliphatic heterocycles. The number of nitrogens with one attached hydrogen (secondary N) is 1. The first-order valence-corrected chi connectivity index (χ1v) is 7.91. The number of aliphatic hydroxyl groups excluding tert-OH is 1. The molecule has 0 bridgehead atoms. The summed E-state index contributed by atoms with van der Waals surface area (Å²) in [4.78, 5) is 18.8. The second-order valence-electron chi connectivity index (χ2n) is 6.07. The van der Waals surface area contributed by atoms with E-state index in [0.29, 0.717) is 19.8 Å². The van der Waals surface area contributed by atoms with E-state index in [1.54, 1.807) is 6.20 Å². The van der Waals surface area contributed by atoms with Crippen LogP contribution in [0, 0.1) is 5.92 Å². The summed E-state index contributed by atoms with van der Waals surface area (Å²) < 4.78 is 5.30. The summed E-state index contributed by atoms with van der Waals surface area (Å²) >= 11 is 0. The van der Waals surface area contributed by atoms with Crippen LogP contribution in [0.25, 0.3) is 0 Å². The number of aliphatic hydroxyl groups is 1. The lowest BCUT2D eigenvalue weighted by atomic mass is 9.76. The van der Waals surface area contributed by atoms with Gasteiger partial charge in [0.2, 0.25) is 5.91 Å². The van der Waals surface area contributed by atoms with Crippen molar-refractivity contribution in [3.63, 3.8) is 0 Å². The lowest BCUT2D eigenvalue weighted by Gasteiger charge is -2.38. The minimum Gasteiger partial charge on any atom is -0.393 e. The summed E-state index contributed by atoms with van der Waals surface area (Å²) in [5.74, 6) is 0.275. The highest BCUT2D eigenvalue weighted by molar-refractivity contribution is 5.78. The monoisotopic (exact) mass is 305 g/mol. The fraction of sp³-hybridized carbons (Fsp3) is 0.625. The molecule has 0 spiro atoms. The number of aromatic nitrogens is 1. The van der Waals surface area contributed by atoms with E-state index < -0.39 is 0 Å². The van der Waals surface area contributed by atoms with Crippen LogP contribution in [0.2, 0.25) is 0 Å². The van der Waals surface area contributed by atoms with Gasteiger partial charge in [0.05, 0.1) is 37.6 Å². The number of carbonyl (C=O) groups is 1. The van der Waals surface area contributed by atoms with E-state index in [2.05, 4.69) is 15.2 Å². The van der Waals surface area contributed by atoms with Gasteiger partial charge in [0, 0.05) is 19.3 Å². The maximum Gasteiger partial charge on any atom is 0.234 e. The molecule has 3 rings (SSSR count). The number of rotatable bonds is 5. The van der Waals surface area contributed by atoms with Gasteiger partial charge in [-0.25, -0.2) is 0 Å². The lowest BCUT2D eigenvalue weighted by Crippen LogP contribution is -2.47. The van der Waals surface area contributed by atoms with E-state index in [1.807, 2.05) is 18.2 Å². The Hall–Kier alpha value is -1.50. The molecule has 120 valence electrons. The second kappa shape index (κ2) is 7.17. The highest BCUT2D eigenvalue weighted by Gasteiger charge is 2.36. The fourth-order valence-corrected chi connectivity index (χ4v) is 3.08. The van der Waals surface area contributed by atoms with Crippen LogP contribution in [0.15, 0.2) is 24.4 Å². The highest BCUT2D eigenvalue weighted by atomic mass is 16.5. The van der Waals surface area contributed by atoms with Crippen molar-refractivity contribution in [3.8, 4) is 0 Å². The first-order valence-electron chi connectivity index (χ1n) is 7.91. The highest BCUT2D eigenvalue weighted by Crippen LogP contribution is 2.37. The summed E-state index contributed by atoms with van der Waals surface area (Å²) in [7, 11) is 0. The number of hydrogen-bond donors (Lipinski definition) is 2. The molecule has 0 unspecified atom stereocenters. The van der Waals surface area contributed by atoms with Crippen molar-refractivity contribution in [1.82, 2.24) is 15.2 Å². The van der Waals surface area contributed by atoms with E-state index >= 15 is 0 Å². The number of ether oxygens (including phenoxy) is 1. The van der Waals surface area contributed by atoms with Gasteiger partial charge >= 0.3 is 0 Å². The molecule has 6 nitrogen and oxygen atoms in total. The Morgan fingerprint density at radius 1 is 1.41 bits per heavy atom. The van der Waals surface area contributed by atoms with Crippen LogP contribution >= 0.6 is 0 Å². The molecular weight excluding hydrogens is 282 g/mol. The number of amides is 1. The van der Waals surface area contributed by atoms with Crippen LogP contribution in [-0.2, 0) is 9.53 Å². The quantitative estimate of drug-likeness (QED) is 0.821. The smallest absolute Gasteiger partial charge is 0.234 e. The van der Waals surface area contributed by atoms with Gasteiger partial charge in [0.1, 0.15) is 0 Å². The zero-order valence-corrected chi connectivity index (χ0v) is 12.6. The van der Waals surface area contributed by atoms with Gasteiger partial charge in [-0.3, -0.25) is 14.7 Å². The standard InChI is InChI=1S/C16H23N3O3/c20-13-9-12(10-13)16(14-3-1-2-4-17-14)18-15(21)11-19-5-7-22-8-6-19/h1-4,12-13,16,20H,5-11H2,(H,18,21)/t12?,13?,16-/m1/s1. The average Bonchev–Trinajstić information content (AvgIpc) is 2.52. The Kier molecular flexibility index (Phi) is 5.02. The minimum absolute atomic E-state index is 0.0129. The maximum atomic E-state index is 12.3. The van der Waals surface area contributed by atoms with Crippen molar-refractivity contribution in [2.75, 3.05) is 32.8 Å². The number of nitrogens with zero attached hydrogens (tertiary/aromatic N) is 2. The van der Waals surface area contributed by atoms with E-state index in [4.69, 9.17) is 4.74 Å². The summed E-state index contributed by atoms with van der Waals surface area (Å²) in [6, 6.07) is 5.62. The molecule has 6 heteroatoms. The fourth-order valence-electron chi connectivity index (χ4n) is 3.08. The minimum atomic E-state index is -0.243. The van der Waals surface area contributed by atoms with Gasteiger partial charge in [-0.1, -0.05) is 6.07 Å². The van der Waals surface area contributed by atoms with Crippen molar-refractivity contribution in [2.45, 2.75) is 25.0 Å². The van der Waals surface area contributed by atoms with Crippen molar-refractivity contribution in [1.29, 1.82) is 0 Å². The van der Waals surface area contributed by atoms with Crippen LogP contribution in [-0.4, -0.2) is 59.8 Å². The molecule has 0 radical (unpaired) electrons. The second-order valence-corrected chi connectivity index (χ2v) is 6.07. The topological polar surface area (TPSA) is 74.7 Å². The molecule has 1 aliphatic carbocycles. The Balaban J connectivity index is 1.61. The Morgan fingerprint density at radius 2 is 2.18 bits per heavy atom. The summed E-state index contributed by atoms with van der Waals surface area (Å²) in [6.07, 6.45) is 2.94. The summed E-state index contributed by atoms with van der Waals surface area (Å²) in [5.41, 5.74) is 0.870. The van der Waals surface area contributed by atoms with Crippen LogP contribution < -0.4 is 5.32 Å².